The molecular formula is C17H30N2S. The molecule has 0 bridgehead atoms. The van der Waals surface area contributed by atoms with E-state index in [1.807, 2.05) is 11.3 Å². The van der Waals surface area contributed by atoms with Gasteiger partial charge in [-0.05, 0) is 63.6 Å². The van der Waals surface area contributed by atoms with Gasteiger partial charge in [0.05, 0.1) is 0 Å². The maximum absolute atomic E-state index is 6.11. The number of rotatable bonds is 4. The van der Waals surface area contributed by atoms with Crippen molar-refractivity contribution in [2.45, 2.75) is 65.5 Å². The van der Waals surface area contributed by atoms with Crippen molar-refractivity contribution in [3.63, 3.8) is 0 Å². The van der Waals surface area contributed by atoms with E-state index in [4.69, 9.17) is 5.73 Å². The zero-order valence-electron chi connectivity index (χ0n) is 13.7. The van der Waals surface area contributed by atoms with Crippen molar-refractivity contribution in [1.82, 2.24) is 4.90 Å². The molecule has 1 aromatic heterocycles. The lowest BCUT2D eigenvalue weighted by Gasteiger charge is -2.41. The Kier molecular flexibility index (Phi) is 4.93. The smallest absolute Gasteiger partial charge is 0.0481 e. The Morgan fingerprint density at radius 2 is 1.95 bits per heavy atom. The third kappa shape index (κ3) is 3.44. The van der Waals surface area contributed by atoms with Crippen LogP contribution in [-0.4, -0.2) is 24.5 Å². The van der Waals surface area contributed by atoms with Gasteiger partial charge < -0.3 is 5.73 Å². The highest BCUT2D eigenvalue weighted by Crippen LogP contribution is 2.39. The Bertz CT molecular complexity index is 440. The van der Waals surface area contributed by atoms with Crippen LogP contribution in [0.1, 0.15) is 60.9 Å². The first kappa shape index (κ1) is 16.0. The van der Waals surface area contributed by atoms with Crippen LogP contribution >= 0.6 is 11.3 Å². The van der Waals surface area contributed by atoms with Gasteiger partial charge in [0.25, 0.3) is 0 Å². The Morgan fingerprint density at radius 1 is 1.35 bits per heavy atom. The number of nitrogens with zero attached hydrogens (tertiary/aromatic N) is 1. The van der Waals surface area contributed by atoms with E-state index >= 15 is 0 Å². The van der Waals surface area contributed by atoms with Crippen molar-refractivity contribution < 1.29 is 0 Å². The van der Waals surface area contributed by atoms with Gasteiger partial charge in [0, 0.05) is 28.4 Å². The van der Waals surface area contributed by atoms with Crippen molar-refractivity contribution in [3.05, 3.63) is 21.4 Å². The van der Waals surface area contributed by atoms with Crippen LogP contribution in [0.5, 0.6) is 0 Å². The molecule has 114 valence electrons. The summed E-state index contributed by atoms with van der Waals surface area (Å²) in [6.45, 7) is 9.94. The number of hydrogen-bond donors (Lipinski definition) is 1. The normalized spacial score (nSPS) is 21.4. The fourth-order valence-corrected chi connectivity index (χ4v) is 4.52. The molecule has 1 heterocycles. The minimum absolute atomic E-state index is 0.381. The fourth-order valence-electron chi connectivity index (χ4n) is 3.54. The van der Waals surface area contributed by atoms with Gasteiger partial charge in [-0.2, -0.15) is 0 Å². The van der Waals surface area contributed by atoms with E-state index in [2.05, 4.69) is 45.7 Å². The SMILES string of the molecule is Cc1cc(C(CN)N(C)C2CCC(C)(C)CC2)c(C)s1. The lowest BCUT2D eigenvalue weighted by atomic mass is 9.75. The highest BCUT2D eigenvalue weighted by Gasteiger charge is 2.32. The monoisotopic (exact) mass is 294 g/mol. The second-order valence-corrected chi connectivity index (χ2v) is 8.64. The van der Waals surface area contributed by atoms with Gasteiger partial charge >= 0.3 is 0 Å². The molecule has 2 rings (SSSR count). The molecule has 0 saturated heterocycles. The molecule has 0 amide bonds. The highest BCUT2D eigenvalue weighted by molar-refractivity contribution is 7.12. The third-order valence-corrected chi connectivity index (χ3v) is 6.02. The summed E-state index contributed by atoms with van der Waals surface area (Å²) in [6, 6.07) is 3.41. The molecule has 1 unspecified atom stereocenters. The molecule has 0 spiro atoms. The minimum atomic E-state index is 0.381. The second-order valence-electron chi connectivity index (χ2n) is 7.18. The number of thiophene rings is 1. The summed E-state index contributed by atoms with van der Waals surface area (Å²) >= 11 is 1.89. The van der Waals surface area contributed by atoms with Gasteiger partial charge in [-0.3, -0.25) is 4.90 Å². The molecule has 3 heteroatoms. The maximum Gasteiger partial charge on any atom is 0.0481 e. The minimum Gasteiger partial charge on any atom is -0.329 e. The molecule has 1 aliphatic rings. The maximum atomic E-state index is 6.11. The number of nitrogens with two attached hydrogens (primary N) is 1. The summed E-state index contributed by atoms with van der Waals surface area (Å²) in [5, 5.41) is 0. The molecule has 2 nitrogen and oxygen atoms in total. The van der Waals surface area contributed by atoms with E-state index in [-0.39, 0.29) is 0 Å². The van der Waals surface area contributed by atoms with E-state index in [0.717, 1.165) is 0 Å². The summed E-state index contributed by atoms with van der Waals surface area (Å²) in [6.07, 6.45) is 5.28. The number of hydrogen-bond acceptors (Lipinski definition) is 3. The van der Waals surface area contributed by atoms with E-state index in [0.29, 0.717) is 24.0 Å². The van der Waals surface area contributed by atoms with Gasteiger partial charge in [-0.25, -0.2) is 0 Å². The summed E-state index contributed by atoms with van der Waals surface area (Å²) < 4.78 is 0. The van der Waals surface area contributed by atoms with E-state index in [1.165, 1.54) is 41.0 Å². The lowest BCUT2D eigenvalue weighted by molar-refractivity contribution is 0.0966. The van der Waals surface area contributed by atoms with Gasteiger partial charge in [0.15, 0.2) is 0 Å². The van der Waals surface area contributed by atoms with Gasteiger partial charge in [-0.15, -0.1) is 11.3 Å². The van der Waals surface area contributed by atoms with Crippen LogP contribution in [0, 0.1) is 19.3 Å². The van der Waals surface area contributed by atoms with Crippen LogP contribution < -0.4 is 5.73 Å². The fraction of sp³-hybridized carbons (Fsp3) is 0.765. The molecule has 1 aliphatic carbocycles. The van der Waals surface area contributed by atoms with Gasteiger partial charge in [-0.1, -0.05) is 13.8 Å². The predicted octanol–water partition coefficient (Wildman–Crippen LogP) is 4.27. The van der Waals surface area contributed by atoms with Crippen LogP contribution in [0.15, 0.2) is 6.07 Å². The molecular weight excluding hydrogens is 264 g/mol. The van der Waals surface area contributed by atoms with Crippen molar-refractivity contribution in [1.29, 1.82) is 0 Å². The molecule has 2 N–H and O–H groups in total. The Labute approximate surface area is 128 Å². The first-order valence-corrected chi connectivity index (χ1v) is 8.64. The molecule has 1 fully saturated rings. The molecule has 1 aromatic rings. The highest BCUT2D eigenvalue weighted by atomic mass is 32.1. The zero-order valence-corrected chi connectivity index (χ0v) is 14.5. The summed E-state index contributed by atoms with van der Waals surface area (Å²) in [5.41, 5.74) is 8.09. The standard InChI is InChI=1S/C17H30N2S/c1-12-10-15(13(2)20-12)16(11-18)19(5)14-6-8-17(3,4)9-7-14/h10,14,16H,6-9,11,18H2,1-5H3. The zero-order chi connectivity index (χ0) is 14.9. The Balaban J connectivity index is 2.10. The Hall–Kier alpha value is -0.380. The third-order valence-electron chi connectivity index (χ3n) is 5.04. The van der Waals surface area contributed by atoms with Crippen LogP contribution in [-0.2, 0) is 0 Å². The van der Waals surface area contributed by atoms with Crippen molar-refractivity contribution >= 4 is 11.3 Å². The van der Waals surface area contributed by atoms with Crippen LogP contribution in [0.3, 0.4) is 0 Å². The van der Waals surface area contributed by atoms with Gasteiger partial charge in [0.1, 0.15) is 0 Å². The number of aryl methyl sites for hydroxylation is 2. The van der Waals surface area contributed by atoms with Crippen molar-refractivity contribution in [2.24, 2.45) is 11.1 Å². The number of likely N-dealkylation sites (N-methyl/N-ethyl adjacent to an activating group) is 1. The molecule has 0 aromatic carbocycles. The van der Waals surface area contributed by atoms with Crippen molar-refractivity contribution in [2.75, 3.05) is 13.6 Å². The van der Waals surface area contributed by atoms with Crippen molar-refractivity contribution in [3.8, 4) is 0 Å². The molecule has 0 aliphatic heterocycles. The van der Waals surface area contributed by atoms with Gasteiger partial charge in [0.2, 0.25) is 0 Å². The summed E-state index contributed by atoms with van der Waals surface area (Å²) in [5.74, 6) is 0. The molecule has 0 radical (unpaired) electrons. The molecule has 20 heavy (non-hydrogen) atoms. The Morgan fingerprint density at radius 3 is 2.40 bits per heavy atom. The molecule has 1 atom stereocenters. The van der Waals surface area contributed by atoms with Crippen LogP contribution in [0.25, 0.3) is 0 Å². The van der Waals surface area contributed by atoms with E-state index in [9.17, 15) is 0 Å². The topological polar surface area (TPSA) is 29.3 Å². The second kappa shape index (κ2) is 6.17. The largest absolute Gasteiger partial charge is 0.329 e. The van der Waals surface area contributed by atoms with E-state index in [1.54, 1.807) is 0 Å². The first-order chi connectivity index (χ1) is 9.34. The quantitative estimate of drug-likeness (QED) is 0.898. The first-order valence-electron chi connectivity index (χ1n) is 7.83. The average molecular weight is 295 g/mol. The van der Waals surface area contributed by atoms with E-state index < -0.39 is 0 Å². The molecule has 1 saturated carbocycles. The summed E-state index contributed by atoms with van der Waals surface area (Å²) in [7, 11) is 2.27. The predicted molar refractivity (Wildman–Crippen MR) is 89.4 cm³/mol. The summed E-state index contributed by atoms with van der Waals surface area (Å²) in [4.78, 5) is 5.37. The van der Waals surface area contributed by atoms with Crippen LogP contribution in [0.2, 0.25) is 0 Å². The van der Waals surface area contributed by atoms with Crippen LogP contribution in [0.4, 0.5) is 0 Å². The average Bonchev–Trinajstić information content (AvgIpc) is 2.69. The lowest BCUT2D eigenvalue weighted by Crippen LogP contribution is -2.41.